The highest BCUT2D eigenvalue weighted by Gasteiger charge is 2.34. The number of ether oxygens (including phenoxy) is 2. The fourth-order valence-electron chi connectivity index (χ4n) is 5.32. The minimum Gasteiger partial charge on any atom is -0.478 e. The first-order valence-electron chi connectivity index (χ1n) is 17.1. The summed E-state index contributed by atoms with van der Waals surface area (Å²) in [6.45, 7) is 6.93. The summed E-state index contributed by atoms with van der Waals surface area (Å²) < 4.78 is 58.4. The van der Waals surface area contributed by atoms with Crippen molar-refractivity contribution in [1.82, 2.24) is 4.98 Å². The second kappa shape index (κ2) is 19.3. The smallest absolute Gasteiger partial charge is 0.417 e. The van der Waals surface area contributed by atoms with Gasteiger partial charge in [0.15, 0.2) is 0 Å². The first kappa shape index (κ1) is 37.1. The quantitative estimate of drug-likeness (QED) is 0.0847. The first-order valence-corrected chi connectivity index (χ1v) is 17.1. The number of alkyl halides is 3. The molecule has 1 aromatic carbocycles. The number of carbonyl (C=O) groups is 1. The molecule has 3 aromatic rings. The summed E-state index contributed by atoms with van der Waals surface area (Å²) in [6, 6.07) is 8.86. The third-order valence-corrected chi connectivity index (χ3v) is 8.37. The molecule has 0 amide bonds. The molecule has 6 nitrogen and oxygen atoms in total. The van der Waals surface area contributed by atoms with Crippen LogP contribution in [0.3, 0.4) is 0 Å². The molecule has 46 heavy (non-hydrogen) atoms. The molecule has 0 fully saturated rings. The second-order valence-corrected chi connectivity index (χ2v) is 12.2. The van der Waals surface area contributed by atoms with Gasteiger partial charge in [0.05, 0.1) is 30.3 Å². The number of benzene rings is 1. The maximum absolute atomic E-state index is 14.0. The van der Waals surface area contributed by atoms with E-state index in [2.05, 4.69) is 4.98 Å². The van der Waals surface area contributed by atoms with Crippen LogP contribution in [0.15, 0.2) is 45.6 Å². The van der Waals surface area contributed by atoms with Gasteiger partial charge in [-0.3, -0.25) is 4.79 Å². The van der Waals surface area contributed by atoms with Crippen molar-refractivity contribution < 1.29 is 31.9 Å². The van der Waals surface area contributed by atoms with Gasteiger partial charge in [0.25, 0.3) is 0 Å². The van der Waals surface area contributed by atoms with Crippen molar-refractivity contribution in [3.63, 3.8) is 0 Å². The minimum atomic E-state index is -4.61. The lowest BCUT2D eigenvalue weighted by Gasteiger charge is -2.14. The van der Waals surface area contributed by atoms with Crippen molar-refractivity contribution in [2.24, 2.45) is 5.92 Å². The highest BCUT2D eigenvalue weighted by molar-refractivity contribution is 5.80. The fourth-order valence-corrected chi connectivity index (χ4v) is 5.32. The van der Waals surface area contributed by atoms with E-state index in [1.165, 1.54) is 37.8 Å². The molecular formula is C37H50F3NO5. The Labute approximate surface area is 271 Å². The molecule has 0 N–H and O–H groups in total. The number of aryl methyl sites for hydroxylation is 1. The monoisotopic (exact) mass is 645 g/mol. The minimum absolute atomic E-state index is 0.0158. The van der Waals surface area contributed by atoms with Crippen LogP contribution >= 0.6 is 0 Å². The lowest BCUT2D eigenvalue weighted by Crippen LogP contribution is -2.14. The Morgan fingerprint density at radius 1 is 0.826 bits per heavy atom. The predicted octanol–water partition coefficient (Wildman–Crippen LogP) is 10.5. The zero-order chi connectivity index (χ0) is 33.4. The van der Waals surface area contributed by atoms with Crippen LogP contribution in [0.1, 0.15) is 122 Å². The molecule has 9 heteroatoms. The number of rotatable bonds is 21. The van der Waals surface area contributed by atoms with Gasteiger partial charge in [0.1, 0.15) is 0 Å². The highest BCUT2D eigenvalue weighted by atomic mass is 19.4. The molecule has 0 aliphatic heterocycles. The Bertz CT molecular complexity index is 1420. The Kier molecular flexibility index (Phi) is 15.6. The van der Waals surface area contributed by atoms with E-state index in [0.717, 1.165) is 70.3 Å². The van der Waals surface area contributed by atoms with E-state index in [4.69, 9.17) is 13.9 Å². The number of fused-ring (bicyclic) bond motifs is 1. The molecule has 0 bridgehead atoms. The van der Waals surface area contributed by atoms with Crippen molar-refractivity contribution in [2.45, 2.75) is 123 Å². The zero-order valence-electron chi connectivity index (χ0n) is 27.7. The average Bonchev–Trinajstić information content (AvgIpc) is 3.03. The van der Waals surface area contributed by atoms with Crippen LogP contribution in [0.2, 0.25) is 0 Å². The fraction of sp³-hybridized carbons (Fsp3) is 0.595. The van der Waals surface area contributed by atoms with Crippen LogP contribution in [0.4, 0.5) is 13.2 Å². The van der Waals surface area contributed by atoms with Gasteiger partial charge < -0.3 is 13.9 Å². The van der Waals surface area contributed by atoms with E-state index in [-0.39, 0.29) is 28.7 Å². The Morgan fingerprint density at radius 3 is 2.11 bits per heavy atom. The van der Waals surface area contributed by atoms with E-state index in [1.54, 1.807) is 18.2 Å². The van der Waals surface area contributed by atoms with Crippen molar-refractivity contribution in [3.8, 4) is 17.0 Å². The number of halogens is 3. The lowest BCUT2D eigenvalue weighted by molar-refractivity contribution is -0.148. The van der Waals surface area contributed by atoms with Crippen LogP contribution in [0.5, 0.6) is 5.88 Å². The van der Waals surface area contributed by atoms with Gasteiger partial charge in [-0.1, -0.05) is 97.1 Å². The molecule has 0 spiro atoms. The molecule has 2 heterocycles. The number of nitrogens with zero attached hydrogens (tertiary/aromatic N) is 1. The van der Waals surface area contributed by atoms with Crippen molar-refractivity contribution in [1.29, 1.82) is 0 Å². The molecule has 0 aliphatic rings. The molecule has 2 aromatic heterocycles. The third kappa shape index (κ3) is 12.1. The van der Waals surface area contributed by atoms with Crippen LogP contribution in [-0.4, -0.2) is 24.2 Å². The maximum Gasteiger partial charge on any atom is 0.417 e. The summed E-state index contributed by atoms with van der Waals surface area (Å²) in [7, 11) is 0. The second-order valence-electron chi connectivity index (χ2n) is 12.2. The van der Waals surface area contributed by atoms with Gasteiger partial charge in [0.2, 0.25) is 11.6 Å². The van der Waals surface area contributed by atoms with E-state index < -0.39 is 17.4 Å². The maximum atomic E-state index is 14.0. The number of unbranched alkanes of at least 4 members (excludes halogenated alkanes) is 11. The summed E-state index contributed by atoms with van der Waals surface area (Å²) in [6.07, 6.45) is 10.5. The van der Waals surface area contributed by atoms with Gasteiger partial charge in [-0.15, -0.1) is 0 Å². The number of aromatic nitrogens is 1. The van der Waals surface area contributed by atoms with Crippen LogP contribution in [0.25, 0.3) is 22.2 Å². The number of hydrogen-bond donors (Lipinski definition) is 0. The Hall–Kier alpha value is -3.36. The summed E-state index contributed by atoms with van der Waals surface area (Å²) in [5.74, 6) is 0.204. The molecule has 0 saturated heterocycles. The SMILES string of the molecule is CCCCCc1ccc(-c2cc3ccc(OCCCCCCCCCCCCOC(=O)C(C)CC)nc3oc2=O)c(C(F)(F)F)c1. The average molecular weight is 646 g/mol. The predicted molar refractivity (Wildman–Crippen MR) is 176 cm³/mol. The standard InChI is InChI=1S/C37H50F3NO5/c1-4-6-15-18-28-19-21-30(32(25-28)37(38,39)40)31-26-29-20-22-33(41-34(29)46-36(31)43)44-23-16-13-11-9-7-8-10-12-14-17-24-45-35(42)27(3)5-2/h19-22,25-27H,4-18,23-24H2,1-3H3. The summed E-state index contributed by atoms with van der Waals surface area (Å²) in [5.41, 5.74) is -1.42. The van der Waals surface area contributed by atoms with Crippen molar-refractivity contribution in [3.05, 3.63) is 57.9 Å². The van der Waals surface area contributed by atoms with E-state index in [1.807, 2.05) is 20.8 Å². The molecule has 0 radical (unpaired) electrons. The number of esters is 1. The molecule has 1 atom stereocenters. The van der Waals surface area contributed by atoms with Crippen LogP contribution in [-0.2, 0) is 22.1 Å². The Balaban J connectivity index is 1.39. The summed E-state index contributed by atoms with van der Waals surface area (Å²) in [5, 5.41) is 0.423. The molecule has 3 rings (SSSR count). The number of pyridine rings is 1. The van der Waals surface area contributed by atoms with Gasteiger partial charge in [-0.05, 0) is 55.9 Å². The number of hydrogen-bond acceptors (Lipinski definition) is 6. The van der Waals surface area contributed by atoms with E-state index in [0.29, 0.717) is 36.5 Å². The summed E-state index contributed by atoms with van der Waals surface area (Å²) in [4.78, 5) is 28.8. The Morgan fingerprint density at radius 2 is 1.48 bits per heavy atom. The normalized spacial score (nSPS) is 12.4. The van der Waals surface area contributed by atoms with Gasteiger partial charge in [-0.2, -0.15) is 18.2 Å². The lowest BCUT2D eigenvalue weighted by atomic mass is 9.96. The van der Waals surface area contributed by atoms with E-state index in [9.17, 15) is 22.8 Å². The first-order chi connectivity index (χ1) is 22.1. The molecule has 0 saturated carbocycles. The van der Waals surface area contributed by atoms with Crippen molar-refractivity contribution >= 4 is 17.1 Å². The zero-order valence-corrected chi connectivity index (χ0v) is 27.7. The molecule has 254 valence electrons. The van der Waals surface area contributed by atoms with Crippen LogP contribution < -0.4 is 10.4 Å². The van der Waals surface area contributed by atoms with Gasteiger partial charge in [-0.25, -0.2) is 4.79 Å². The highest BCUT2D eigenvalue weighted by Crippen LogP contribution is 2.37. The number of carbonyl (C=O) groups excluding carboxylic acids is 1. The molecule has 1 unspecified atom stereocenters. The van der Waals surface area contributed by atoms with Gasteiger partial charge in [0, 0.05) is 17.0 Å². The van der Waals surface area contributed by atoms with Gasteiger partial charge >= 0.3 is 17.8 Å². The molecule has 0 aliphatic carbocycles. The molecular weight excluding hydrogens is 595 g/mol. The largest absolute Gasteiger partial charge is 0.478 e. The van der Waals surface area contributed by atoms with E-state index >= 15 is 0 Å². The van der Waals surface area contributed by atoms with Crippen LogP contribution in [0, 0.1) is 5.92 Å². The third-order valence-electron chi connectivity index (χ3n) is 8.37. The summed E-state index contributed by atoms with van der Waals surface area (Å²) >= 11 is 0. The van der Waals surface area contributed by atoms with Crippen molar-refractivity contribution in [2.75, 3.05) is 13.2 Å². The topological polar surface area (TPSA) is 78.6 Å².